The molecule has 0 atom stereocenters. The van der Waals surface area contributed by atoms with E-state index >= 15 is 0 Å². The summed E-state index contributed by atoms with van der Waals surface area (Å²) in [4.78, 5) is 4.07. The van der Waals surface area contributed by atoms with Crippen LogP contribution in [-0.2, 0) is 10.0 Å². The van der Waals surface area contributed by atoms with E-state index in [0.717, 1.165) is 0 Å². The first-order valence-electron chi connectivity index (χ1n) is 5.76. The van der Waals surface area contributed by atoms with Crippen molar-refractivity contribution in [2.24, 2.45) is 10.1 Å². The van der Waals surface area contributed by atoms with Gasteiger partial charge in [-0.3, -0.25) is 0 Å². The number of sulfonamides is 1. The van der Waals surface area contributed by atoms with Crippen LogP contribution in [0.25, 0.3) is 0 Å². The fourth-order valence-corrected chi connectivity index (χ4v) is 2.50. The molecule has 0 unspecified atom stereocenters. The Balaban J connectivity index is 2.17. The molecule has 0 bridgehead atoms. The van der Waals surface area contributed by atoms with E-state index in [0.29, 0.717) is 10.4 Å². The molecule has 8 heteroatoms. The van der Waals surface area contributed by atoms with Gasteiger partial charge in [-0.25, -0.2) is 0 Å². The summed E-state index contributed by atoms with van der Waals surface area (Å²) in [7, 11) is -3.72. The monoisotopic (exact) mass is 372 g/mol. The Morgan fingerprint density at radius 3 is 2.33 bits per heavy atom. The molecule has 21 heavy (non-hydrogen) atoms. The quantitative estimate of drug-likeness (QED) is 0.490. The Morgan fingerprint density at radius 2 is 1.76 bits per heavy atom. The van der Waals surface area contributed by atoms with Gasteiger partial charge in [0.15, 0.2) is 0 Å². The van der Waals surface area contributed by atoms with Gasteiger partial charge < -0.3 is 0 Å². The van der Waals surface area contributed by atoms with Gasteiger partial charge in [-0.05, 0) is 0 Å². The fourth-order valence-electron chi connectivity index (χ4n) is 1.53. The number of primary sulfonamides is 1. The normalized spacial score (nSPS) is 12.2. The number of amidine groups is 1. The molecule has 0 heterocycles. The van der Waals surface area contributed by atoms with E-state index < -0.39 is 15.8 Å². The fraction of sp³-hybridized carbons (Fsp3) is 0. The predicted octanol–water partition coefficient (Wildman–Crippen LogP) is 1.74. The van der Waals surface area contributed by atoms with Crippen molar-refractivity contribution in [3.05, 3.63) is 54.3 Å². The Morgan fingerprint density at radius 1 is 1.14 bits per heavy atom. The molecule has 1 radical (unpaired) electrons. The second-order valence-corrected chi connectivity index (χ2v) is 6.44. The third-order valence-corrected chi connectivity index (χ3v) is 3.84. The minimum atomic E-state index is -3.72. The Bertz CT molecular complexity index is 776. The number of para-hydroxylation sites is 1. The van der Waals surface area contributed by atoms with Crippen LogP contribution in [0.1, 0.15) is 0 Å². The number of rotatable bonds is 3. The van der Waals surface area contributed by atoms with Crippen LogP contribution in [0, 0.1) is 5.82 Å². The van der Waals surface area contributed by atoms with Gasteiger partial charge in [0, 0.05) is 0 Å². The van der Waals surface area contributed by atoms with Crippen molar-refractivity contribution in [2.75, 3.05) is 5.32 Å². The van der Waals surface area contributed by atoms with Crippen LogP contribution in [0.2, 0.25) is 0 Å². The third kappa shape index (κ3) is 4.37. The first-order chi connectivity index (χ1) is 9.86. The zero-order valence-corrected chi connectivity index (χ0v) is 13.2. The molecule has 2 rings (SSSR count). The van der Waals surface area contributed by atoms with E-state index in [1.807, 2.05) is 0 Å². The average molecular weight is 371 g/mol. The van der Waals surface area contributed by atoms with Crippen molar-refractivity contribution in [2.45, 2.75) is 4.90 Å². The summed E-state index contributed by atoms with van der Waals surface area (Å²) < 4.78 is 36.1. The van der Waals surface area contributed by atoms with Gasteiger partial charge in [-0.1, -0.05) is 0 Å². The number of benzene rings is 2. The molecule has 0 aromatic heterocycles. The molecule has 0 amide bonds. The van der Waals surface area contributed by atoms with E-state index in [1.54, 1.807) is 18.2 Å². The molecule has 0 fully saturated rings. The van der Waals surface area contributed by atoms with Crippen molar-refractivity contribution in [3.63, 3.8) is 0 Å². The van der Waals surface area contributed by atoms with Crippen LogP contribution in [-0.4, -0.2) is 29.2 Å². The second kappa shape index (κ2) is 6.36. The maximum absolute atomic E-state index is 13.4. The van der Waals surface area contributed by atoms with Gasteiger partial charge in [0.2, 0.25) is 0 Å². The maximum atomic E-state index is 13.4. The van der Waals surface area contributed by atoms with E-state index in [9.17, 15) is 12.8 Å². The third-order valence-electron chi connectivity index (χ3n) is 2.51. The zero-order valence-electron chi connectivity index (χ0n) is 10.7. The Labute approximate surface area is 130 Å². The van der Waals surface area contributed by atoms with Gasteiger partial charge in [0.1, 0.15) is 0 Å². The number of aliphatic imine (C=N–C) groups is 1. The summed E-state index contributed by atoms with van der Waals surface area (Å²) in [5.41, 5.74) is 0.788. The molecule has 109 valence electrons. The van der Waals surface area contributed by atoms with Gasteiger partial charge in [-0.15, -0.1) is 0 Å². The molecule has 2 aromatic rings. The molecule has 0 aliphatic heterocycles. The molecule has 0 aliphatic carbocycles. The molecule has 2 aromatic carbocycles. The summed E-state index contributed by atoms with van der Waals surface area (Å²) in [5.74, 6) is -0.434. The standard InChI is InChI=1S/C13H11FN3O2SSe/c14-11-3-1-2-4-12(11)17-13(21)16-9-5-7-10(8-6-9)20(15,18)19/h1-8H,(H,16,17)(H2,15,18,19). The van der Waals surface area contributed by atoms with Crippen LogP contribution in [0.3, 0.4) is 0 Å². The van der Waals surface area contributed by atoms with Crippen molar-refractivity contribution in [1.82, 2.24) is 0 Å². The van der Waals surface area contributed by atoms with E-state index in [4.69, 9.17) is 5.14 Å². The first kappa shape index (κ1) is 15.7. The number of nitrogens with zero attached hydrogens (tertiary/aromatic N) is 1. The molecule has 3 N–H and O–H groups in total. The number of halogens is 1. The van der Waals surface area contributed by atoms with E-state index in [-0.39, 0.29) is 10.6 Å². The van der Waals surface area contributed by atoms with Crippen LogP contribution < -0.4 is 10.5 Å². The van der Waals surface area contributed by atoms with Crippen LogP contribution in [0.15, 0.2) is 58.4 Å². The molecular weight excluding hydrogens is 360 g/mol. The summed E-state index contributed by atoms with van der Waals surface area (Å²) in [6, 6.07) is 11.9. The average Bonchev–Trinajstić information content (AvgIpc) is 2.41. The number of anilines is 1. The Hall–Kier alpha value is -1.73. The summed E-state index contributed by atoms with van der Waals surface area (Å²) in [6.45, 7) is 0. The minimum absolute atomic E-state index is 0.0146. The number of nitrogens with two attached hydrogens (primary N) is 1. The SMILES string of the molecule is NS(=O)(=O)c1ccc(NC([Se])=Nc2ccccc2F)cc1. The summed E-state index contributed by atoms with van der Waals surface area (Å²) in [5, 5.41) is 7.90. The first-order valence-corrected chi connectivity index (χ1v) is 8.17. The number of hydrogen-bond acceptors (Lipinski definition) is 3. The Kier molecular flexibility index (Phi) is 4.74. The van der Waals surface area contributed by atoms with Crippen LogP contribution >= 0.6 is 0 Å². The van der Waals surface area contributed by atoms with Crippen molar-refractivity contribution in [1.29, 1.82) is 0 Å². The molecule has 5 nitrogen and oxygen atoms in total. The van der Waals surface area contributed by atoms with E-state index in [1.165, 1.54) is 30.3 Å². The molecule has 0 saturated carbocycles. The van der Waals surface area contributed by atoms with Gasteiger partial charge in [-0.2, -0.15) is 0 Å². The molecule has 0 spiro atoms. The van der Waals surface area contributed by atoms with Crippen LogP contribution in [0.5, 0.6) is 0 Å². The van der Waals surface area contributed by atoms with E-state index in [2.05, 4.69) is 26.3 Å². The van der Waals surface area contributed by atoms with Crippen molar-refractivity contribution < 1.29 is 12.8 Å². The van der Waals surface area contributed by atoms with Gasteiger partial charge in [0.05, 0.1) is 0 Å². The number of nitrogens with one attached hydrogen (secondary N) is 1. The summed E-state index contributed by atoms with van der Waals surface area (Å²) in [6.07, 6.45) is 0. The van der Waals surface area contributed by atoms with Crippen molar-refractivity contribution >= 4 is 42.1 Å². The van der Waals surface area contributed by atoms with Crippen molar-refractivity contribution in [3.8, 4) is 0 Å². The molecule has 0 saturated heterocycles. The van der Waals surface area contributed by atoms with Crippen LogP contribution in [0.4, 0.5) is 15.8 Å². The predicted molar refractivity (Wildman–Crippen MR) is 80.7 cm³/mol. The summed E-state index contributed by atoms with van der Waals surface area (Å²) >= 11 is 2.68. The zero-order chi connectivity index (χ0) is 15.5. The molecular formula is C13H11FN3O2SSe. The topological polar surface area (TPSA) is 84.5 Å². The molecule has 0 aliphatic rings. The van der Waals surface area contributed by atoms with Gasteiger partial charge in [0.25, 0.3) is 0 Å². The van der Waals surface area contributed by atoms with Gasteiger partial charge >= 0.3 is 130 Å². The second-order valence-electron chi connectivity index (χ2n) is 4.06. The number of hydrogen-bond donors (Lipinski definition) is 2.